The summed E-state index contributed by atoms with van der Waals surface area (Å²) in [5, 5.41) is 5.02. The molecule has 0 heterocycles. The lowest BCUT2D eigenvalue weighted by atomic mass is 10.0. The summed E-state index contributed by atoms with van der Waals surface area (Å²) < 4.78 is 0. The van der Waals surface area contributed by atoms with Gasteiger partial charge in [0.05, 0.1) is 0 Å². The highest BCUT2D eigenvalue weighted by molar-refractivity contribution is 5.96. The molecular weight excluding hydrogens is 230 g/mol. The summed E-state index contributed by atoms with van der Waals surface area (Å²) in [6.45, 7) is 5.78. The Bertz CT molecular complexity index is 426. The number of carbonyl (C=O) groups excluding carboxylic acids is 2. The smallest absolute Gasteiger partial charge is 0.312 e. The zero-order chi connectivity index (χ0) is 13.7. The monoisotopic (exact) mass is 249 g/mol. The molecule has 1 atom stereocenters. The van der Waals surface area contributed by atoms with Gasteiger partial charge in [0.1, 0.15) is 6.04 Å². The van der Waals surface area contributed by atoms with Crippen LogP contribution in [0.2, 0.25) is 0 Å². The minimum atomic E-state index is -0.715. The second-order valence-electron chi connectivity index (χ2n) is 4.50. The van der Waals surface area contributed by atoms with Crippen molar-refractivity contribution in [2.24, 2.45) is 5.73 Å². The van der Waals surface area contributed by atoms with Gasteiger partial charge < -0.3 is 16.4 Å². The van der Waals surface area contributed by atoms with Crippen LogP contribution >= 0.6 is 0 Å². The van der Waals surface area contributed by atoms with Crippen LogP contribution in [0.25, 0.3) is 0 Å². The van der Waals surface area contributed by atoms with Gasteiger partial charge in [0.2, 0.25) is 5.91 Å². The Kier molecular flexibility index (Phi) is 4.71. The summed E-state index contributed by atoms with van der Waals surface area (Å²) >= 11 is 0. The first-order chi connectivity index (χ1) is 8.40. The molecule has 18 heavy (non-hydrogen) atoms. The van der Waals surface area contributed by atoms with E-state index in [9.17, 15) is 9.59 Å². The molecule has 0 saturated heterocycles. The lowest BCUT2D eigenvalue weighted by Gasteiger charge is -2.13. The Morgan fingerprint density at radius 3 is 2.11 bits per heavy atom. The molecule has 0 aromatic heterocycles. The van der Waals surface area contributed by atoms with E-state index in [-0.39, 0.29) is 5.91 Å². The molecule has 0 spiro atoms. The second-order valence-corrected chi connectivity index (χ2v) is 4.50. The van der Waals surface area contributed by atoms with Crippen molar-refractivity contribution in [3.63, 3.8) is 0 Å². The molecule has 1 aromatic rings. The average molecular weight is 249 g/mol. The molecule has 1 rings (SSSR count). The molecule has 5 nitrogen and oxygen atoms in total. The van der Waals surface area contributed by atoms with Crippen LogP contribution in [0.4, 0.5) is 10.5 Å². The van der Waals surface area contributed by atoms with E-state index < -0.39 is 12.1 Å². The average Bonchev–Trinajstić information content (AvgIpc) is 2.28. The minimum absolute atomic E-state index is 0.300. The van der Waals surface area contributed by atoms with E-state index >= 15 is 0 Å². The van der Waals surface area contributed by atoms with Gasteiger partial charge in [-0.1, -0.05) is 26.0 Å². The molecule has 0 aliphatic heterocycles. The van der Waals surface area contributed by atoms with Gasteiger partial charge in [0.15, 0.2) is 0 Å². The third-order valence-electron chi connectivity index (χ3n) is 2.60. The molecule has 0 radical (unpaired) electrons. The number of anilines is 1. The standard InChI is InChI=1S/C13H19N3O2/c1-8(2)10-4-6-11(7-5-10)16-12(17)9(3)15-13(14)18/h4-9H,1-3H3,(H,16,17)(H3,14,15,18)/t9-/m0/s1. The van der Waals surface area contributed by atoms with Crippen molar-refractivity contribution in [2.45, 2.75) is 32.7 Å². The van der Waals surface area contributed by atoms with E-state index in [0.717, 1.165) is 0 Å². The van der Waals surface area contributed by atoms with Gasteiger partial charge in [-0.2, -0.15) is 0 Å². The maximum Gasteiger partial charge on any atom is 0.312 e. The van der Waals surface area contributed by atoms with Crippen LogP contribution in [0.3, 0.4) is 0 Å². The highest BCUT2D eigenvalue weighted by Crippen LogP contribution is 2.17. The zero-order valence-corrected chi connectivity index (χ0v) is 10.9. The van der Waals surface area contributed by atoms with Gasteiger partial charge >= 0.3 is 6.03 Å². The van der Waals surface area contributed by atoms with Crippen molar-refractivity contribution < 1.29 is 9.59 Å². The number of nitrogens with one attached hydrogen (secondary N) is 2. The fourth-order valence-corrected chi connectivity index (χ4v) is 1.48. The number of urea groups is 1. The lowest BCUT2D eigenvalue weighted by molar-refractivity contribution is -0.117. The van der Waals surface area contributed by atoms with Gasteiger partial charge in [-0.05, 0) is 30.5 Å². The molecule has 5 heteroatoms. The number of hydrogen-bond donors (Lipinski definition) is 3. The summed E-state index contributed by atoms with van der Waals surface area (Å²) in [4.78, 5) is 22.3. The van der Waals surface area contributed by atoms with Crippen molar-refractivity contribution in [3.05, 3.63) is 29.8 Å². The Labute approximate surface area is 107 Å². The third kappa shape index (κ3) is 4.08. The first-order valence-electron chi connectivity index (χ1n) is 5.87. The Morgan fingerprint density at radius 2 is 1.67 bits per heavy atom. The molecule has 0 saturated carbocycles. The summed E-state index contributed by atoms with van der Waals surface area (Å²) in [6.07, 6.45) is 0. The molecule has 0 aliphatic rings. The number of primary amides is 1. The first kappa shape index (κ1) is 14.0. The van der Waals surface area contributed by atoms with Crippen molar-refractivity contribution in [2.75, 3.05) is 5.32 Å². The predicted octanol–water partition coefficient (Wildman–Crippen LogP) is 1.81. The van der Waals surface area contributed by atoms with Crippen molar-refractivity contribution in [1.82, 2.24) is 5.32 Å². The number of nitrogens with two attached hydrogens (primary N) is 1. The third-order valence-corrected chi connectivity index (χ3v) is 2.60. The van der Waals surface area contributed by atoms with Crippen LogP contribution in [0.15, 0.2) is 24.3 Å². The molecule has 3 amide bonds. The van der Waals surface area contributed by atoms with E-state index in [1.165, 1.54) is 5.56 Å². The van der Waals surface area contributed by atoms with Crippen LogP contribution < -0.4 is 16.4 Å². The summed E-state index contributed by atoms with van der Waals surface area (Å²) in [7, 11) is 0. The molecule has 0 unspecified atom stereocenters. The van der Waals surface area contributed by atoms with E-state index in [2.05, 4.69) is 24.5 Å². The van der Waals surface area contributed by atoms with Crippen LogP contribution in [-0.2, 0) is 4.79 Å². The van der Waals surface area contributed by atoms with E-state index in [1.807, 2.05) is 24.3 Å². The molecule has 0 aliphatic carbocycles. The number of carbonyl (C=O) groups is 2. The fraction of sp³-hybridized carbons (Fsp3) is 0.385. The number of amides is 3. The van der Waals surface area contributed by atoms with Crippen molar-refractivity contribution >= 4 is 17.6 Å². The number of benzene rings is 1. The second kappa shape index (κ2) is 6.05. The Morgan fingerprint density at radius 1 is 1.11 bits per heavy atom. The summed E-state index contributed by atoms with van der Waals surface area (Å²) in [5.74, 6) is 0.149. The zero-order valence-electron chi connectivity index (χ0n) is 10.9. The fourth-order valence-electron chi connectivity index (χ4n) is 1.48. The molecule has 0 fully saturated rings. The maximum atomic E-state index is 11.7. The van der Waals surface area contributed by atoms with E-state index in [4.69, 9.17) is 5.73 Å². The van der Waals surface area contributed by atoms with Crippen LogP contribution in [0.5, 0.6) is 0 Å². The highest BCUT2D eigenvalue weighted by atomic mass is 16.2. The summed E-state index contributed by atoms with van der Waals surface area (Å²) in [5.41, 5.74) is 6.85. The van der Waals surface area contributed by atoms with Crippen molar-refractivity contribution in [1.29, 1.82) is 0 Å². The Balaban J connectivity index is 2.62. The van der Waals surface area contributed by atoms with Crippen molar-refractivity contribution in [3.8, 4) is 0 Å². The molecule has 1 aromatic carbocycles. The normalized spacial score (nSPS) is 12.0. The highest BCUT2D eigenvalue weighted by Gasteiger charge is 2.13. The number of hydrogen-bond acceptors (Lipinski definition) is 2. The topological polar surface area (TPSA) is 84.2 Å². The minimum Gasteiger partial charge on any atom is -0.352 e. The first-order valence-corrected chi connectivity index (χ1v) is 5.87. The van der Waals surface area contributed by atoms with E-state index in [1.54, 1.807) is 6.92 Å². The quantitative estimate of drug-likeness (QED) is 0.760. The van der Waals surface area contributed by atoms with E-state index in [0.29, 0.717) is 11.6 Å². The Hall–Kier alpha value is -2.04. The van der Waals surface area contributed by atoms with Gasteiger partial charge in [-0.25, -0.2) is 4.79 Å². The molecular formula is C13H19N3O2. The maximum absolute atomic E-state index is 11.7. The van der Waals surface area contributed by atoms with Gasteiger partial charge in [-0.3, -0.25) is 4.79 Å². The molecule has 4 N–H and O–H groups in total. The molecule has 0 bridgehead atoms. The van der Waals surface area contributed by atoms with Crippen LogP contribution in [0.1, 0.15) is 32.3 Å². The van der Waals surface area contributed by atoms with Gasteiger partial charge in [-0.15, -0.1) is 0 Å². The van der Waals surface area contributed by atoms with Crippen LogP contribution in [0, 0.1) is 0 Å². The van der Waals surface area contributed by atoms with Gasteiger partial charge in [0.25, 0.3) is 0 Å². The SMILES string of the molecule is CC(C)c1ccc(NC(=O)[C@H](C)NC(N)=O)cc1. The van der Waals surface area contributed by atoms with Crippen LogP contribution in [-0.4, -0.2) is 18.0 Å². The lowest BCUT2D eigenvalue weighted by Crippen LogP contribution is -2.44. The largest absolute Gasteiger partial charge is 0.352 e. The summed E-state index contributed by atoms with van der Waals surface area (Å²) in [6, 6.07) is 6.23. The van der Waals surface area contributed by atoms with Gasteiger partial charge in [0, 0.05) is 5.69 Å². The number of rotatable bonds is 4. The predicted molar refractivity (Wildman–Crippen MR) is 71.3 cm³/mol. The molecule has 98 valence electrons.